The molecule has 1 saturated carbocycles. The van der Waals surface area contributed by atoms with Crippen molar-refractivity contribution in [3.05, 3.63) is 0 Å². The normalized spacial score (nSPS) is 32.0. The lowest BCUT2D eigenvalue weighted by atomic mass is 9.74. The smallest absolute Gasteiger partial charge is 0.211 e. The van der Waals surface area contributed by atoms with Crippen molar-refractivity contribution in [2.24, 2.45) is 16.8 Å². The molecule has 3 nitrogen and oxygen atoms in total. The lowest BCUT2D eigenvalue weighted by Gasteiger charge is -2.32. The molecule has 0 saturated heterocycles. The van der Waals surface area contributed by atoms with E-state index < -0.39 is 5.54 Å². The Morgan fingerprint density at radius 1 is 1.43 bits per heavy atom. The molecule has 0 unspecified atom stereocenters. The van der Waals surface area contributed by atoms with Crippen LogP contribution in [0.4, 0.5) is 0 Å². The second-order valence-electron chi connectivity index (χ2n) is 4.43. The van der Waals surface area contributed by atoms with Crippen LogP contribution in [0.1, 0.15) is 39.5 Å². The lowest BCUT2D eigenvalue weighted by Crippen LogP contribution is -2.32. The minimum absolute atomic E-state index is 0.659. The third-order valence-electron chi connectivity index (χ3n) is 3.27. The van der Waals surface area contributed by atoms with Gasteiger partial charge in [-0.05, 0) is 37.5 Å². The summed E-state index contributed by atoms with van der Waals surface area (Å²) in [5.74, 6) is 1.34. The van der Waals surface area contributed by atoms with E-state index >= 15 is 0 Å². The maximum absolute atomic E-state index is 10.2. The van der Waals surface area contributed by atoms with Gasteiger partial charge in [0.25, 0.3) is 0 Å². The second-order valence-corrected chi connectivity index (χ2v) is 4.43. The van der Waals surface area contributed by atoms with Crippen molar-refractivity contribution in [2.45, 2.75) is 45.1 Å². The van der Waals surface area contributed by atoms with Crippen molar-refractivity contribution < 1.29 is 4.79 Å². The first-order valence-corrected chi connectivity index (χ1v) is 5.14. The van der Waals surface area contributed by atoms with Crippen LogP contribution in [0.15, 0.2) is 4.99 Å². The fraction of sp³-hybridized carbons (Fsp3) is 0.818. The highest BCUT2D eigenvalue weighted by Crippen LogP contribution is 2.37. The molecule has 0 aromatic rings. The summed E-state index contributed by atoms with van der Waals surface area (Å²) in [5.41, 5.74) is -0.757. The van der Waals surface area contributed by atoms with Gasteiger partial charge in [0.1, 0.15) is 0 Å². The molecule has 0 heterocycles. The zero-order chi connectivity index (χ0) is 10.6. The van der Waals surface area contributed by atoms with Gasteiger partial charge in [-0.1, -0.05) is 13.8 Å². The zero-order valence-electron chi connectivity index (χ0n) is 8.79. The largest absolute Gasteiger partial charge is 0.236 e. The Morgan fingerprint density at radius 2 is 2.00 bits per heavy atom. The van der Waals surface area contributed by atoms with Gasteiger partial charge in [0.15, 0.2) is 5.54 Å². The van der Waals surface area contributed by atoms with E-state index in [0.717, 1.165) is 12.8 Å². The Balaban J connectivity index is 2.65. The second kappa shape index (κ2) is 4.39. The molecule has 0 aromatic carbocycles. The predicted molar refractivity (Wildman–Crippen MR) is 53.3 cm³/mol. The molecular formula is C11H16N2O. The Labute approximate surface area is 84.8 Å². The fourth-order valence-electron chi connectivity index (χ4n) is 2.12. The minimum Gasteiger partial charge on any atom is -0.211 e. The Kier molecular flexibility index (Phi) is 3.43. The summed E-state index contributed by atoms with van der Waals surface area (Å²) in [6.45, 7) is 4.40. The molecule has 1 rings (SSSR count). The number of hydrogen-bond acceptors (Lipinski definition) is 3. The van der Waals surface area contributed by atoms with Gasteiger partial charge in [-0.25, -0.2) is 4.79 Å². The third-order valence-corrected chi connectivity index (χ3v) is 3.27. The highest BCUT2D eigenvalue weighted by Gasteiger charge is 2.36. The van der Waals surface area contributed by atoms with Crippen LogP contribution in [0.3, 0.4) is 0 Å². The summed E-state index contributed by atoms with van der Waals surface area (Å²) < 4.78 is 0. The minimum atomic E-state index is -0.757. The average Bonchev–Trinajstić information content (AvgIpc) is 2.19. The Morgan fingerprint density at radius 3 is 2.36 bits per heavy atom. The molecule has 0 N–H and O–H groups in total. The number of nitrogens with zero attached hydrogens (tertiary/aromatic N) is 2. The van der Waals surface area contributed by atoms with E-state index in [1.807, 2.05) is 0 Å². The van der Waals surface area contributed by atoms with Gasteiger partial charge in [0.2, 0.25) is 6.08 Å². The zero-order valence-corrected chi connectivity index (χ0v) is 8.79. The van der Waals surface area contributed by atoms with E-state index in [0.29, 0.717) is 24.7 Å². The number of carbonyl (C=O) groups excluding carboxylic acids is 1. The first kappa shape index (κ1) is 10.9. The SMILES string of the molecule is CC(C)C1CCC(C#N)(N=C=O)CC1. The topological polar surface area (TPSA) is 53.2 Å². The van der Waals surface area contributed by atoms with Gasteiger partial charge >= 0.3 is 0 Å². The van der Waals surface area contributed by atoms with E-state index in [2.05, 4.69) is 24.9 Å². The molecule has 0 bridgehead atoms. The van der Waals surface area contributed by atoms with Gasteiger partial charge in [0.05, 0.1) is 6.07 Å². The molecule has 0 aliphatic heterocycles. The van der Waals surface area contributed by atoms with Crippen LogP contribution in [-0.4, -0.2) is 11.6 Å². The summed E-state index contributed by atoms with van der Waals surface area (Å²) in [5, 5.41) is 8.97. The maximum Gasteiger partial charge on any atom is 0.236 e. The molecule has 14 heavy (non-hydrogen) atoms. The van der Waals surface area contributed by atoms with E-state index in [4.69, 9.17) is 5.26 Å². The molecule has 76 valence electrons. The van der Waals surface area contributed by atoms with Crippen molar-refractivity contribution in [1.29, 1.82) is 5.26 Å². The van der Waals surface area contributed by atoms with Crippen molar-refractivity contribution >= 4 is 6.08 Å². The molecule has 1 aliphatic carbocycles. The molecule has 0 radical (unpaired) electrons. The fourth-order valence-corrected chi connectivity index (χ4v) is 2.12. The van der Waals surface area contributed by atoms with Gasteiger partial charge in [0, 0.05) is 0 Å². The summed E-state index contributed by atoms with van der Waals surface area (Å²) in [4.78, 5) is 13.9. The van der Waals surface area contributed by atoms with Gasteiger partial charge in [-0.3, -0.25) is 0 Å². The molecule has 0 aromatic heterocycles. The number of nitriles is 1. The van der Waals surface area contributed by atoms with Crippen LogP contribution in [0, 0.1) is 23.2 Å². The highest BCUT2D eigenvalue weighted by atomic mass is 16.1. The Bertz CT molecular complexity index is 276. The summed E-state index contributed by atoms with van der Waals surface area (Å²) in [6, 6.07) is 2.15. The van der Waals surface area contributed by atoms with Crippen LogP contribution < -0.4 is 0 Å². The van der Waals surface area contributed by atoms with Crippen LogP contribution >= 0.6 is 0 Å². The Hall–Kier alpha value is -1.13. The van der Waals surface area contributed by atoms with Gasteiger partial charge < -0.3 is 0 Å². The highest BCUT2D eigenvalue weighted by molar-refractivity contribution is 5.37. The lowest BCUT2D eigenvalue weighted by molar-refractivity contribution is 0.230. The predicted octanol–water partition coefficient (Wildman–Crippen LogP) is 2.43. The molecule has 0 spiro atoms. The number of rotatable bonds is 2. The maximum atomic E-state index is 10.2. The van der Waals surface area contributed by atoms with Crippen LogP contribution in [0.5, 0.6) is 0 Å². The first-order valence-electron chi connectivity index (χ1n) is 5.14. The van der Waals surface area contributed by atoms with Crippen molar-refractivity contribution in [2.75, 3.05) is 0 Å². The van der Waals surface area contributed by atoms with Crippen LogP contribution in [0.2, 0.25) is 0 Å². The molecule has 3 heteroatoms. The van der Waals surface area contributed by atoms with Crippen molar-refractivity contribution in [3.63, 3.8) is 0 Å². The van der Waals surface area contributed by atoms with Gasteiger partial charge in [-0.15, -0.1) is 0 Å². The number of aliphatic imine (C=N–C) groups is 1. The van der Waals surface area contributed by atoms with Crippen molar-refractivity contribution in [1.82, 2.24) is 0 Å². The summed E-state index contributed by atoms with van der Waals surface area (Å²) in [7, 11) is 0. The third kappa shape index (κ3) is 2.21. The van der Waals surface area contributed by atoms with Crippen LogP contribution in [-0.2, 0) is 4.79 Å². The molecule has 1 aliphatic rings. The molecule has 0 amide bonds. The van der Waals surface area contributed by atoms with E-state index in [1.165, 1.54) is 6.08 Å². The quantitative estimate of drug-likeness (QED) is 0.498. The number of hydrogen-bond donors (Lipinski definition) is 0. The summed E-state index contributed by atoms with van der Waals surface area (Å²) >= 11 is 0. The van der Waals surface area contributed by atoms with E-state index in [1.54, 1.807) is 0 Å². The van der Waals surface area contributed by atoms with Gasteiger partial charge in [-0.2, -0.15) is 10.3 Å². The average molecular weight is 192 g/mol. The monoisotopic (exact) mass is 192 g/mol. The standard InChI is InChI=1S/C11H16N2O/c1-9(2)10-3-5-11(7-12,6-4-10)13-8-14/h9-10H,3-6H2,1-2H3. The molecule has 1 fully saturated rings. The van der Waals surface area contributed by atoms with Crippen LogP contribution in [0.25, 0.3) is 0 Å². The van der Waals surface area contributed by atoms with E-state index in [-0.39, 0.29) is 0 Å². The summed E-state index contributed by atoms with van der Waals surface area (Å²) in [6.07, 6.45) is 4.94. The van der Waals surface area contributed by atoms with E-state index in [9.17, 15) is 4.79 Å². The molecular weight excluding hydrogens is 176 g/mol. The first-order chi connectivity index (χ1) is 6.63. The number of isocyanates is 1. The van der Waals surface area contributed by atoms with Crippen molar-refractivity contribution in [3.8, 4) is 6.07 Å². The molecule has 0 atom stereocenters.